The molecule has 1 N–H and O–H groups in total. The fourth-order valence-corrected chi connectivity index (χ4v) is 4.48. The third kappa shape index (κ3) is 6.98. The van der Waals surface area contributed by atoms with Crippen LogP contribution in [-0.4, -0.2) is 43.4 Å². The van der Waals surface area contributed by atoms with E-state index < -0.39 is 33.0 Å². The van der Waals surface area contributed by atoms with Crippen molar-refractivity contribution in [2.45, 2.75) is 12.0 Å². The van der Waals surface area contributed by atoms with Crippen LogP contribution >= 0.6 is 10.8 Å². The number of hydrogen-bond acceptors (Lipinski definition) is 8. The van der Waals surface area contributed by atoms with Crippen molar-refractivity contribution >= 4 is 32.0 Å². The van der Waals surface area contributed by atoms with Crippen LogP contribution in [0.1, 0.15) is 17.0 Å². The number of carbonyl (C=O) groups is 1. The summed E-state index contributed by atoms with van der Waals surface area (Å²) in [6.45, 7) is -0.0540. The number of aliphatic carboxylic acids is 1. The minimum absolute atomic E-state index is 0. The Hall–Kier alpha value is -0.560. The number of nitrogens with zero attached hydrogens (tertiary/aromatic N) is 1. The average Bonchev–Trinajstić information content (AvgIpc) is 2.96. The molecule has 0 saturated heterocycles. The largest absolute Gasteiger partial charge is 1.00 e. The van der Waals surface area contributed by atoms with Gasteiger partial charge in [-0.2, -0.15) is 8.42 Å². The second kappa shape index (κ2) is 11.9. The second-order valence-electron chi connectivity index (χ2n) is 5.98. The maximum absolute atomic E-state index is 12.0. The zero-order chi connectivity index (χ0) is 20.3. The van der Waals surface area contributed by atoms with Gasteiger partial charge in [-0.05, 0) is 33.0 Å². The molecule has 0 aromatic heterocycles. The summed E-state index contributed by atoms with van der Waals surface area (Å²) in [4.78, 5) is 14.4. The molecule has 148 valence electrons. The topological polar surface area (TPSA) is 139 Å². The van der Waals surface area contributed by atoms with Crippen molar-refractivity contribution in [1.82, 2.24) is 0 Å². The van der Waals surface area contributed by atoms with Crippen molar-refractivity contribution in [3.63, 3.8) is 0 Å². The maximum Gasteiger partial charge on any atom is 1.00 e. The Bertz CT molecular complexity index is 985. The first kappa shape index (κ1) is 27.5. The van der Waals surface area contributed by atoms with Crippen LogP contribution in [-0.2, 0) is 18.7 Å². The summed E-state index contributed by atoms with van der Waals surface area (Å²) in [6.07, 6.45) is -1.15. The summed E-state index contributed by atoms with van der Waals surface area (Å²) in [5.74, 6) is -2.64. The van der Waals surface area contributed by atoms with E-state index in [1.54, 1.807) is 0 Å². The Labute approximate surface area is 221 Å². The number of carboxylic acid groups (broad SMARTS) is 1. The molecule has 1 unspecified atom stereocenters. The number of aliphatic imine (C=N–C) groups is 1. The molecule has 30 heavy (non-hydrogen) atoms. The fourth-order valence-electron chi connectivity index (χ4n) is 3.07. The van der Waals surface area contributed by atoms with Crippen LogP contribution in [0.3, 0.4) is 0 Å². The van der Waals surface area contributed by atoms with E-state index in [1.807, 2.05) is 48.5 Å². The Morgan fingerprint density at radius 3 is 2.03 bits per heavy atom. The number of carbonyl (C=O) groups excluding carboxylic acids is 1. The molecular formula is C18H15NNa2O7S2. The van der Waals surface area contributed by atoms with Crippen molar-refractivity contribution in [2.24, 2.45) is 4.99 Å². The summed E-state index contributed by atoms with van der Waals surface area (Å²) in [7, 11) is -4.53. The molecule has 12 heteroatoms. The molecule has 0 spiro atoms. The van der Waals surface area contributed by atoms with E-state index in [4.69, 9.17) is 9.29 Å². The van der Waals surface area contributed by atoms with Crippen LogP contribution in [0, 0.1) is 0 Å². The standard InChI is InChI=1S/C18H17NO7S2.2Na/c20-17(21)16(10-27-28(23,24)25)19-18(22)26-9-15-13-7-3-1-5-11(13)12-6-2-4-8-14(12)15;;/h1-8,15-16H,9-10H2,(H,19,22)(H,20,21)(H,23,24,25);;/q;2*+1/p-2. The number of ether oxygens (including phenoxy) is 1. The fraction of sp³-hybridized carbons (Fsp3) is 0.222. The first-order chi connectivity index (χ1) is 13.3. The van der Waals surface area contributed by atoms with E-state index in [9.17, 15) is 23.4 Å². The van der Waals surface area contributed by atoms with Crippen molar-refractivity contribution in [1.29, 1.82) is 0 Å². The summed E-state index contributed by atoms with van der Waals surface area (Å²) in [6, 6.07) is 13.6. The molecular weight excluding hydrogens is 452 g/mol. The van der Waals surface area contributed by atoms with Crippen molar-refractivity contribution in [2.75, 3.05) is 12.4 Å². The minimum atomic E-state index is -4.47. The van der Waals surface area contributed by atoms with Crippen LogP contribution in [0.25, 0.3) is 11.1 Å². The zero-order valence-electron chi connectivity index (χ0n) is 16.3. The minimum Gasteiger partial charge on any atom is -0.599 e. The predicted molar refractivity (Wildman–Crippen MR) is 99.9 cm³/mol. The SMILES string of the molecule is O=C([O-])C(CSS(=O)(=O)O)N=C([O-])OCC1c2ccccc2-c2ccccc21.[Na+].[Na+]. The quantitative estimate of drug-likeness (QED) is 0.140. The first-order valence-electron chi connectivity index (χ1n) is 8.15. The molecule has 8 nitrogen and oxygen atoms in total. The number of fused-ring (bicyclic) bond motifs is 3. The van der Waals surface area contributed by atoms with E-state index in [1.165, 1.54) is 0 Å². The van der Waals surface area contributed by atoms with Gasteiger partial charge in [-0.1, -0.05) is 48.5 Å². The van der Waals surface area contributed by atoms with Gasteiger partial charge >= 0.3 is 68.3 Å². The summed E-state index contributed by atoms with van der Waals surface area (Å²) in [5.41, 5.74) is 4.03. The predicted octanol–water partition coefficient (Wildman–Crippen LogP) is -5.81. The van der Waals surface area contributed by atoms with Crippen molar-refractivity contribution in [3.05, 3.63) is 59.7 Å². The Balaban J connectivity index is 0.00000225. The van der Waals surface area contributed by atoms with Gasteiger partial charge in [0.2, 0.25) is 0 Å². The Morgan fingerprint density at radius 1 is 1.07 bits per heavy atom. The smallest absolute Gasteiger partial charge is 0.599 e. The average molecular weight is 467 g/mol. The Kier molecular flexibility index (Phi) is 10.9. The number of rotatable bonds is 7. The van der Waals surface area contributed by atoms with E-state index in [2.05, 4.69) is 4.99 Å². The number of carboxylic acids is 1. The van der Waals surface area contributed by atoms with Crippen molar-refractivity contribution in [3.8, 4) is 11.1 Å². The van der Waals surface area contributed by atoms with Crippen LogP contribution < -0.4 is 69.3 Å². The normalized spacial score (nSPS) is 14.0. The molecule has 1 aliphatic rings. The van der Waals surface area contributed by atoms with Crippen molar-refractivity contribution < 1.29 is 91.8 Å². The van der Waals surface area contributed by atoms with Gasteiger partial charge in [0.25, 0.3) is 0 Å². The number of benzene rings is 2. The summed E-state index contributed by atoms with van der Waals surface area (Å²) in [5, 5.41) is 23.0. The molecule has 1 aliphatic carbocycles. The van der Waals surface area contributed by atoms with Gasteiger partial charge in [0, 0.05) is 18.3 Å². The third-order valence-electron chi connectivity index (χ3n) is 4.24. The van der Waals surface area contributed by atoms with E-state index in [-0.39, 0.29) is 82.4 Å². The van der Waals surface area contributed by atoms with Gasteiger partial charge in [-0.15, -0.1) is 0 Å². The summed E-state index contributed by atoms with van der Waals surface area (Å²) < 4.78 is 35.3. The van der Waals surface area contributed by atoms with Crippen LogP contribution in [0.15, 0.2) is 53.5 Å². The molecule has 0 amide bonds. The molecule has 2 aromatic carbocycles. The molecule has 0 saturated carbocycles. The number of hydrogen-bond donors (Lipinski definition) is 1. The van der Waals surface area contributed by atoms with Gasteiger partial charge in [0.05, 0.1) is 5.97 Å². The molecule has 0 radical (unpaired) electrons. The monoisotopic (exact) mass is 467 g/mol. The van der Waals surface area contributed by atoms with Crippen LogP contribution in [0.5, 0.6) is 0 Å². The molecule has 0 fully saturated rings. The van der Waals surface area contributed by atoms with Gasteiger partial charge in [0.15, 0.2) is 0 Å². The van der Waals surface area contributed by atoms with Gasteiger partial charge in [-0.25, -0.2) is 0 Å². The molecule has 0 heterocycles. The Morgan fingerprint density at radius 2 is 1.57 bits per heavy atom. The van der Waals surface area contributed by atoms with E-state index in [0.29, 0.717) is 0 Å². The molecule has 0 bridgehead atoms. The van der Waals surface area contributed by atoms with Gasteiger partial charge in [0.1, 0.15) is 12.1 Å². The second-order valence-corrected chi connectivity index (χ2v) is 9.38. The molecule has 1 atom stereocenters. The molecule has 3 rings (SSSR count). The first-order valence-corrected chi connectivity index (χ1v) is 11.1. The van der Waals surface area contributed by atoms with Crippen LogP contribution in [0.4, 0.5) is 0 Å². The maximum atomic E-state index is 12.0. The van der Waals surface area contributed by atoms with E-state index in [0.717, 1.165) is 22.3 Å². The molecule has 2 aromatic rings. The van der Waals surface area contributed by atoms with Crippen LogP contribution in [0.2, 0.25) is 0 Å². The van der Waals surface area contributed by atoms with Gasteiger partial charge < -0.3 is 19.7 Å². The zero-order valence-corrected chi connectivity index (χ0v) is 22.0. The van der Waals surface area contributed by atoms with E-state index >= 15 is 0 Å². The third-order valence-corrected chi connectivity index (χ3v) is 6.30. The molecule has 0 aliphatic heterocycles. The summed E-state index contributed by atoms with van der Waals surface area (Å²) >= 11 is 0. The van der Waals surface area contributed by atoms with Gasteiger partial charge in [-0.3, -0.25) is 9.55 Å².